The van der Waals surface area contributed by atoms with Crippen molar-refractivity contribution in [2.75, 3.05) is 0 Å². The Morgan fingerprint density at radius 3 is 1.79 bits per heavy atom. The molecule has 3 heteroatoms. The molecule has 0 amide bonds. The number of benzene rings is 1. The second-order valence-electron chi connectivity index (χ2n) is 4.04. The summed E-state index contributed by atoms with van der Waals surface area (Å²) in [5.41, 5.74) is 5.69. The van der Waals surface area contributed by atoms with Crippen LogP contribution in [0.25, 0.3) is 0 Å². The SMILES string of the molecule is CC(C)(C)N.O=C(O)c1ccccc1. The van der Waals surface area contributed by atoms with Crippen LogP contribution in [0.1, 0.15) is 31.1 Å². The molecule has 0 atom stereocenters. The smallest absolute Gasteiger partial charge is 0.335 e. The Kier molecular flexibility index (Phi) is 4.87. The predicted octanol–water partition coefficient (Wildman–Crippen LogP) is 2.13. The molecule has 3 nitrogen and oxygen atoms in total. The van der Waals surface area contributed by atoms with E-state index in [4.69, 9.17) is 10.8 Å². The van der Waals surface area contributed by atoms with Crippen LogP contribution >= 0.6 is 0 Å². The summed E-state index contributed by atoms with van der Waals surface area (Å²) in [4.78, 5) is 10.2. The molecule has 0 saturated carbocycles. The summed E-state index contributed by atoms with van der Waals surface area (Å²) in [5, 5.41) is 8.38. The van der Waals surface area contributed by atoms with E-state index in [1.165, 1.54) is 0 Å². The van der Waals surface area contributed by atoms with Crippen molar-refractivity contribution in [3.05, 3.63) is 35.9 Å². The highest BCUT2D eigenvalue weighted by atomic mass is 16.4. The molecule has 1 aromatic rings. The van der Waals surface area contributed by atoms with Crippen LogP contribution in [0.2, 0.25) is 0 Å². The monoisotopic (exact) mass is 195 g/mol. The van der Waals surface area contributed by atoms with Crippen LogP contribution in [-0.2, 0) is 0 Å². The largest absolute Gasteiger partial charge is 0.478 e. The maximum absolute atomic E-state index is 10.2. The second kappa shape index (κ2) is 5.40. The lowest BCUT2D eigenvalue weighted by Crippen LogP contribution is -2.26. The van der Waals surface area contributed by atoms with Crippen molar-refractivity contribution in [2.45, 2.75) is 26.3 Å². The van der Waals surface area contributed by atoms with Gasteiger partial charge < -0.3 is 10.8 Å². The van der Waals surface area contributed by atoms with Crippen LogP contribution in [0.3, 0.4) is 0 Å². The number of carboxylic acid groups (broad SMARTS) is 1. The Hall–Kier alpha value is -1.35. The molecule has 0 heterocycles. The molecular weight excluding hydrogens is 178 g/mol. The lowest BCUT2D eigenvalue weighted by atomic mass is 10.1. The van der Waals surface area contributed by atoms with Gasteiger partial charge in [0.25, 0.3) is 0 Å². The van der Waals surface area contributed by atoms with Gasteiger partial charge in [0, 0.05) is 5.54 Å². The van der Waals surface area contributed by atoms with Crippen molar-refractivity contribution in [2.24, 2.45) is 5.73 Å². The van der Waals surface area contributed by atoms with Gasteiger partial charge in [-0.1, -0.05) is 18.2 Å². The van der Waals surface area contributed by atoms with Gasteiger partial charge in [-0.15, -0.1) is 0 Å². The first-order valence-electron chi connectivity index (χ1n) is 4.38. The van der Waals surface area contributed by atoms with E-state index < -0.39 is 5.97 Å². The third-order valence-electron chi connectivity index (χ3n) is 1.02. The fraction of sp³-hybridized carbons (Fsp3) is 0.364. The quantitative estimate of drug-likeness (QED) is 0.721. The standard InChI is InChI=1S/C7H6O2.C4H11N/c8-7(9)6-4-2-1-3-5-6;1-4(2,3)5/h1-5H,(H,8,9);5H2,1-3H3. The van der Waals surface area contributed by atoms with Crippen molar-refractivity contribution in [1.82, 2.24) is 0 Å². The number of rotatable bonds is 1. The van der Waals surface area contributed by atoms with Gasteiger partial charge in [0.1, 0.15) is 0 Å². The van der Waals surface area contributed by atoms with Gasteiger partial charge >= 0.3 is 5.97 Å². The Morgan fingerprint density at radius 2 is 1.57 bits per heavy atom. The van der Waals surface area contributed by atoms with Gasteiger partial charge in [0.2, 0.25) is 0 Å². The molecule has 0 saturated heterocycles. The fourth-order valence-electron chi connectivity index (χ4n) is 0.581. The van der Waals surface area contributed by atoms with Crippen LogP contribution in [0, 0.1) is 0 Å². The summed E-state index contributed by atoms with van der Waals surface area (Å²) in [5.74, 6) is -0.879. The van der Waals surface area contributed by atoms with Gasteiger partial charge in [0.15, 0.2) is 0 Å². The summed E-state index contributed by atoms with van der Waals surface area (Å²) in [6, 6.07) is 8.30. The molecule has 0 aliphatic carbocycles. The van der Waals surface area contributed by atoms with Gasteiger partial charge in [-0.25, -0.2) is 4.79 Å². The minimum absolute atomic E-state index is 0. The van der Waals surface area contributed by atoms with Gasteiger partial charge in [-0.3, -0.25) is 0 Å². The molecule has 0 bridgehead atoms. The number of nitrogens with two attached hydrogens (primary N) is 1. The van der Waals surface area contributed by atoms with E-state index in [1.807, 2.05) is 20.8 Å². The zero-order valence-electron chi connectivity index (χ0n) is 8.82. The first-order chi connectivity index (χ1) is 6.30. The molecule has 0 aromatic heterocycles. The summed E-state index contributed by atoms with van der Waals surface area (Å²) >= 11 is 0. The highest BCUT2D eigenvalue weighted by Crippen LogP contribution is 1.96. The Bertz CT molecular complexity index is 269. The van der Waals surface area contributed by atoms with Gasteiger partial charge in [-0.2, -0.15) is 0 Å². The first-order valence-corrected chi connectivity index (χ1v) is 4.38. The second-order valence-corrected chi connectivity index (χ2v) is 4.04. The molecule has 1 aromatic carbocycles. The van der Waals surface area contributed by atoms with Gasteiger partial charge in [0.05, 0.1) is 5.56 Å². The number of carboxylic acids is 1. The zero-order valence-corrected chi connectivity index (χ0v) is 8.82. The molecule has 0 aliphatic heterocycles. The number of carbonyl (C=O) groups is 1. The normalized spacial score (nSPS) is 10.0. The lowest BCUT2D eigenvalue weighted by Gasteiger charge is -2.06. The Morgan fingerprint density at radius 1 is 1.21 bits per heavy atom. The van der Waals surface area contributed by atoms with Crippen molar-refractivity contribution < 1.29 is 9.90 Å². The molecule has 0 fully saturated rings. The average Bonchev–Trinajstić information content (AvgIpc) is 2.03. The minimum Gasteiger partial charge on any atom is -0.478 e. The van der Waals surface area contributed by atoms with Crippen LogP contribution in [-0.4, -0.2) is 16.6 Å². The van der Waals surface area contributed by atoms with E-state index in [2.05, 4.69) is 0 Å². The maximum atomic E-state index is 10.2. The fourth-order valence-corrected chi connectivity index (χ4v) is 0.581. The molecule has 0 spiro atoms. The van der Waals surface area contributed by atoms with Crippen LogP contribution in [0.4, 0.5) is 0 Å². The summed E-state index contributed by atoms with van der Waals surface area (Å²) < 4.78 is 0. The number of hydrogen-bond acceptors (Lipinski definition) is 2. The Labute approximate surface area is 84.6 Å². The van der Waals surface area contributed by atoms with Crippen LogP contribution in [0.15, 0.2) is 30.3 Å². The topological polar surface area (TPSA) is 63.3 Å². The molecule has 1 rings (SSSR count). The summed E-state index contributed by atoms with van der Waals surface area (Å²) in [6.45, 7) is 5.90. The zero-order chi connectivity index (χ0) is 11.2. The van der Waals surface area contributed by atoms with Crippen molar-refractivity contribution in [3.63, 3.8) is 0 Å². The van der Waals surface area contributed by atoms with E-state index >= 15 is 0 Å². The van der Waals surface area contributed by atoms with Crippen molar-refractivity contribution in [3.8, 4) is 0 Å². The van der Waals surface area contributed by atoms with E-state index in [0.717, 1.165) is 0 Å². The highest BCUT2D eigenvalue weighted by Gasteiger charge is 1.96. The summed E-state index contributed by atoms with van der Waals surface area (Å²) in [7, 11) is 0. The molecule has 3 N–H and O–H groups in total. The number of hydrogen-bond donors (Lipinski definition) is 2. The third-order valence-corrected chi connectivity index (χ3v) is 1.02. The third kappa shape index (κ3) is 8.74. The molecule has 14 heavy (non-hydrogen) atoms. The predicted molar refractivity (Wildman–Crippen MR) is 57.3 cm³/mol. The van der Waals surface area contributed by atoms with Crippen molar-refractivity contribution in [1.29, 1.82) is 0 Å². The molecule has 0 aliphatic rings. The molecule has 78 valence electrons. The van der Waals surface area contributed by atoms with Crippen LogP contribution in [0.5, 0.6) is 0 Å². The van der Waals surface area contributed by atoms with Crippen LogP contribution < -0.4 is 5.73 Å². The number of aromatic carboxylic acids is 1. The first kappa shape index (κ1) is 12.7. The van der Waals surface area contributed by atoms with E-state index in [0.29, 0.717) is 5.56 Å². The molecular formula is C11H17NO2. The maximum Gasteiger partial charge on any atom is 0.335 e. The van der Waals surface area contributed by atoms with E-state index in [1.54, 1.807) is 30.3 Å². The minimum atomic E-state index is -0.879. The lowest BCUT2D eigenvalue weighted by molar-refractivity contribution is 0.0697. The van der Waals surface area contributed by atoms with Gasteiger partial charge in [-0.05, 0) is 32.9 Å². The van der Waals surface area contributed by atoms with E-state index in [9.17, 15) is 4.79 Å². The van der Waals surface area contributed by atoms with Crippen molar-refractivity contribution >= 4 is 5.97 Å². The highest BCUT2D eigenvalue weighted by molar-refractivity contribution is 5.87. The molecule has 0 unspecified atom stereocenters. The summed E-state index contributed by atoms with van der Waals surface area (Å²) in [6.07, 6.45) is 0. The average molecular weight is 195 g/mol. The molecule has 0 radical (unpaired) electrons. The Balaban J connectivity index is 0.000000292. The van der Waals surface area contributed by atoms with E-state index in [-0.39, 0.29) is 5.54 Å².